The highest BCUT2D eigenvalue weighted by molar-refractivity contribution is 8.00. The number of amides is 2. The number of rotatable bonds is 8. The predicted molar refractivity (Wildman–Crippen MR) is 130 cm³/mol. The molecule has 0 bridgehead atoms. The molecular weight excluding hydrogens is 450 g/mol. The number of anilines is 1. The van der Waals surface area contributed by atoms with Crippen LogP contribution in [0.2, 0.25) is 0 Å². The predicted octanol–water partition coefficient (Wildman–Crippen LogP) is 4.39. The normalized spacial score (nSPS) is 15.3. The number of carbonyl (C=O) groups is 2. The molecule has 2 aromatic carbocycles. The molecule has 2 N–H and O–H groups in total. The van der Waals surface area contributed by atoms with Crippen molar-refractivity contribution in [2.75, 3.05) is 24.4 Å². The third kappa shape index (κ3) is 4.72. The highest BCUT2D eigenvalue weighted by atomic mass is 32.2. The van der Waals surface area contributed by atoms with E-state index in [9.17, 15) is 9.59 Å². The lowest BCUT2D eigenvalue weighted by atomic mass is 9.64. The molecule has 0 unspecified atom stereocenters. The average Bonchev–Trinajstić information content (AvgIpc) is 3.31. The molecule has 8 heteroatoms. The van der Waals surface area contributed by atoms with Gasteiger partial charge in [-0.1, -0.05) is 48.5 Å². The molecule has 1 aromatic heterocycles. The molecule has 0 atom stereocenters. The molecule has 2 amide bonds. The van der Waals surface area contributed by atoms with Crippen LogP contribution in [0.5, 0.6) is 11.5 Å². The van der Waals surface area contributed by atoms with Gasteiger partial charge in [-0.15, -0.1) is 0 Å². The first-order chi connectivity index (χ1) is 16.6. The molecule has 5 rings (SSSR count). The van der Waals surface area contributed by atoms with Gasteiger partial charge in [0.2, 0.25) is 12.7 Å². The Morgan fingerprint density at radius 2 is 1.82 bits per heavy atom. The quantitative estimate of drug-likeness (QED) is 0.470. The van der Waals surface area contributed by atoms with Gasteiger partial charge in [-0.3, -0.25) is 9.59 Å². The first kappa shape index (κ1) is 22.3. The maximum Gasteiger partial charge on any atom is 0.254 e. The van der Waals surface area contributed by atoms with Crippen LogP contribution in [0.4, 0.5) is 5.69 Å². The number of aromatic nitrogens is 1. The van der Waals surface area contributed by atoms with Crippen molar-refractivity contribution >= 4 is 29.3 Å². The molecule has 0 radical (unpaired) electrons. The van der Waals surface area contributed by atoms with E-state index in [1.807, 2.05) is 18.2 Å². The molecule has 174 valence electrons. The number of benzene rings is 2. The van der Waals surface area contributed by atoms with E-state index in [1.54, 1.807) is 36.5 Å². The summed E-state index contributed by atoms with van der Waals surface area (Å²) in [6.07, 6.45) is 4.92. The molecule has 1 saturated carbocycles. The van der Waals surface area contributed by atoms with Crippen molar-refractivity contribution in [2.24, 2.45) is 0 Å². The van der Waals surface area contributed by atoms with Crippen LogP contribution >= 0.6 is 11.8 Å². The van der Waals surface area contributed by atoms with Gasteiger partial charge in [0, 0.05) is 29.9 Å². The lowest BCUT2D eigenvalue weighted by Gasteiger charge is -2.42. The van der Waals surface area contributed by atoms with Crippen LogP contribution in [0.1, 0.15) is 35.2 Å². The zero-order valence-corrected chi connectivity index (χ0v) is 19.4. The maximum absolute atomic E-state index is 13.0. The van der Waals surface area contributed by atoms with Crippen molar-refractivity contribution < 1.29 is 19.1 Å². The van der Waals surface area contributed by atoms with Crippen molar-refractivity contribution in [2.45, 2.75) is 29.7 Å². The molecule has 0 spiro atoms. The fraction of sp³-hybridized carbons (Fsp3) is 0.269. The van der Waals surface area contributed by atoms with Gasteiger partial charge in [-0.05, 0) is 42.7 Å². The van der Waals surface area contributed by atoms with E-state index in [0.717, 1.165) is 19.3 Å². The Bertz CT molecular complexity index is 1200. The molecule has 0 saturated heterocycles. The van der Waals surface area contributed by atoms with Crippen LogP contribution in [-0.2, 0) is 10.2 Å². The first-order valence-corrected chi connectivity index (χ1v) is 12.2. The number of nitrogens with zero attached hydrogens (tertiary/aromatic N) is 1. The molecule has 1 aliphatic carbocycles. The Balaban J connectivity index is 1.19. The number of pyridine rings is 1. The van der Waals surface area contributed by atoms with E-state index in [-0.39, 0.29) is 29.8 Å². The number of hydrogen-bond donors (Lipinski definition) is 2. The summed E-state index contributed by atoms with van der Waals surface area (Å²) in [5.74, 6) is 1.02. The largest absolute Gasteiger partial charge is 0.454 e. The Morgan fingerprint density at radius 1 is 1.00 bits per heavy atom. The third-order valence-electron chi connectivity index (χ3n) is 6.30. The van der Waals surface area contributed by atoms with Crippen LogP contribution in [0.15, 0.2) is 71.9 Å². The van der Waals surface area contributed by atoms with Crippen LogP contribution in [-0.4, -0.2) is 35.9 Å². The summed E-state index contributed by atoms with van der Waals surface area (Å²) in [4.78, 5) is 29.9. The van der Waals surface area contributed by atoms with Gasteiger partial charge in [-0.2, -0.15) is 0 Å². The Morgan fingerprint density at radius 3 is 2.62 bits per heavy atom. The van der Waals surface area contributed by atoms with Crippen molar-refractivity contribution in [1.82, 2.24) is 10.3 Å². The van der Waals surface area contributed by atoms with Gasteiger partial charge in [0.1, 0.15) is 5.03 Å². The molecule has 2 aliphatic rings. The zero-order chi connectivity index (χ0) is 23.4. The van der Waals surface area contributed by atoms with E-state index < -0.39 is 0 Å². The fourth-order valence-corrected chi connectivity index (χ4v) is 5.08. The molecule has 1 fully saturated rings. The van der Waals surface area contributed by atoms with Crippen LogP contribution in [0.3, 0.4) is 0 Å². The number of fused-ring (bicyclic) bond motifs is 1. The van der Waals surface area contributed by atoms with Crippen LogP contribution in [0.25, 0.3) is 0 Å². The van der Waals surface area contributed by atoms with Gasteiger partial charge >= 0.3 is 0 Å². The smallest absolute Gasteiger partial charge is 0.254 e. The lowest BCUT2D eigenvalue weighted by Crippen LogP contribution is -2.45. The van der Waals surface area contributed by atoms with E-state index in [0.29, 0.717) is 34.3 Å². The highest BCUT2D eigenvalue weighted by Gasteiger charge is 2.38. The molecule has 1 aliphatic heterocycles. The van der Waals surface area contributed by atoms with E-state index >= 15 is 0 Å². The molecule has 3 aromatic rings. The summed E-state index contributed by atoms with van der Waals surface area (Å²) < 4.78 is 10.6. The van der Waals surface area contributed by atoms with Crippen molar-refractivity contribution in [1.29, 1.82) is 0 Å². The minimum atomic E-state index is -0.196. The van der Waals surface area contributed by atoms with Crippen LogP contribution in [0, 0.1) is 0 Å². The summed E-state index contributed by atoms with van der Waals surface area (Å²) >= 11 is 1.24. The van der Waals surface area contributed by atoms with Crippen molar-refractivity contribution in [3.05, 3.63) is 78.0 Å². The molecule has 2 heterocycles. The maximum atomic E-state index is 13.0. The molecule has 34 heavy (non-hydrogen) atoms. The van der Waals surface area contributed by atoms with Crippen molar-refractivity contribution in [3.63, 3.8) is 0 Å². The van der Waals surface area contributed by atoms with Gasteiger partial charge < -0.3 is 20.1 Å². The second-order valence-corrected chi connectivity index (χ2v) is 9.41. The van der Waals surface area contributed by atoms with Crippen LogP contribution < -0.4 is 20.1 Å². The molecule has 7 nitrogen and oxygen atoms in total. The first-order valence-electron chi connectivity index (χ1n) is 11.2. The van der Waals surface area contributed by atoms with E-state index in [4.69, 9.17) is 9.47 Å². The van der Waals surface area contributed by atoms with Gasteiger partial charge in [0.15, 0.2) is 11.5 Å². The summed E-state index contributed by atoms with van der Waals surface area (Å²) in [5.41, 5.74) is 2.37. The number of hydrogen-bond acceptors (Lipinski definition) is 6. The number of nitrogens with one attached hydrogen (secondary N) is 2. The number of thioether (sulfide) groups is 1. The van der Waals surface area contributed by atoms with Gasteiger partial charge in [0.25, 0.3) is 5.91 Å². The fourth-order valence-electron chi connectivity index (χ4n) is 4.29. The highest BCUT2D eigenvalue weighted by Crippen LogP contribution is 2.43. The van der Waals surface area contributed by atoms with E-state index in [1.165, 1.54) is 17.3 Å². The average molecular weight is 476 g/mol. The third-order valence-corrected chi connectivity index (χ3v) is 7.30. The van der Waals surface area contributed by atoms with E-state index in [2.05, 4.69) is 27.8 Å². The summed E-state index contributed by atoms with van der Waals surface area (Å²) in [6.45, 7) is 0.763. The number of carbonyl (C=O) groups excluding carboxylic acids is 2. The number of ether oxygens (including phenoxy) is 2. The summed E-state index contributed by atoms with van der Waals surface area (Å²) in [5, 5.41) is 6.49. The molecular formula is C26H25N3O4S. The minimum Gasteiger partial charge on any atom is -0.454 e. The van der Waals surface area contributed by atoms with Gasteiger partial charge in [0.05, 0.1) is 11.3 Å². The second kappa shape index (κ2) is 9.77. The zero-order valence-electron chi connectivity index (χ0n) is 18.6. The summed E-state index contributed by atoms with van der Waals surface area (Å²) in [7, 11) is 0. The SMILES string of the molecule is O=C(CSc1ncccc1C(=O)NCC1(c2ccccc2)CCC1)Nc1ccc2c(c1)OCO2. The van der Waals surface area contributed by atoms with Crippen molar-refractivity contribution in [3.8, 4) is 11.5 Å². The Labute approximate surface area is 202 Å². The lowest BCUT2D eigenvalue weighted by molar-refractivity contribution is -0.113. The standard InChI is InChI=1S/C26H25N3O4S/c30-23(29-19-9-10-21-22(14-19)33-17-32-21)15-34-25-20(8-4-13-27-25)24(31)28-16-26(11-5-12-26)18-6-2-1-3-7-18/h1-4,6-10,13-14H,5,11-12,15-17H2,(H,28,31)(H,29,30). The monoisotopic (exact) mass is 475 g/mol. The second-order valence-electron chi connectivity index (χ2n) is 8.44. The Hall–Kier alpha value is -3.52. The van der Waals surface area contributed by atoms with Gasteiger partial charge in [-0.25, -0.2) is 4.98 Å². The minimum absolute atomic E-state index is 0.00304. The summed E-state index contributed by atoms with van der Waals surface area (Å²) in [6, 6.07) is 19.1. The Kier molecular flexibility index (Phi) is 6.40. The topological polar surface area (TPSA) is 89.6 Å².